The van der Waals surface area contributed by atoms with Crippen LogP contribution in [0.5, 0.6) is 0 Å². The molecule has 2 aliphatic heterocycles. The number of ether oxygens (including phenoxy) is 5. The second-order valence-corrected chi connectivity index (χ2v) is 12.7. The molecule has 4 aliphatic rings. The average molecular weight is 577 g/mol. The number of unbranched alkanes of at least 4 members (excludes halogenated alkanes) is 1. The Hall–Kier alpha value is -1.25. The van der Waals surface area contributed by atoms with Crippen LogP contribution < -0.4 is 0 Å². The molecule has 2 aliphatic carbocycles. The Balaban J connectivity index is 1.42. The van der Waals surface area contributed by atoms with Crippen molar-refractivity contribution in [2.75, 3.05) is 20.3 Å². The van der Waals surface area contributed by atoms with E-state index >= 15 is 0 Å². The highest BCUT2D eigenvalue weighted by Crippen LogP contribution is 2.50. The summed E-state index contributed by atoms with van der Waals surface area (Å²) in [7, 11) is 1.43. The van der Waals surface area contributed by atoms with Gasteiger partial charge in [0.15, 0.2) is 12.6 Å². The molecule has 41 heavy (non-hydrogen) atoms. The fourth-order valence-corrected chi connectivity index (χ4v) is 7.35. The lowest BCUT2D eigenvalue weighted by molar-refractivity contribution is -0.223. The third-order valence-corrected chi connectivity index (χ3v) is 9.85. The fraction of sp³-hybridized carbons (Fsp3) is 0.853. The van der Waals surface area contributed by atoms with Crippen LogP contribution in [0.2, 0.25) is 0 Å². The van der Waals surface area contributed by atoms with Gasteiger partial charge in [-0.05, 0) is 94.8 Å². The van der Waals surface area contributed by atoms with Gasteiger partial charge in [0, 0.05) is 32.0 Å². The molecule has 234 valence electrons. The van der Waals surface area contributed by atoms with Gasteiger partial charge in [0.2, 0.25) is 0 Å². The molecule has 4 rings (SSSR count). The lowest BCUT2D eigenvalue weighted by atomic mass is 9.62. The van der Waals surface area contributed by atoms with E-state index in [-0.39, 0.29) is 48.0 Å². The minimum Gasteiger partial charge on any atom is -0.469 e. The van der Waals surface area contributed by atoms with Gasteiger partial charge in [0.1, 0.15) is 0 Å². The summed E-state index contributed by atoms with van der Waals surface area (Å²) in [5.41, 5.74) is 0.257. The molecule has 7 heteroatoms. The van der Waals surface area contributed by atoms with E-state index in [1.54, 1.807) is 0 Å². The molecule has 0 aromatic carbocycles. The van der Waals surface area contributed by atoms with Gasteiger partial charge in [-0.3, -0.25) is 4.79 Å². The average Bonchev–Trinajstić information content (AvgIpc) is 3.26. The van der Waals surface area contributed by atoms with Crippen LogP contribution in [0.25, 0.3) is 0 Å². The first-order valence-electron chi connectivity index (χ1n) is 16.7. The van der Waals surface area contributed by atoms with E-state index < -0.39 is 6.10 Å². The minimum atomic E-state index is -0.418. The third-order valence-electron chi connectivity index (χ3n) is 9.85. The van der Waals surface area contributed by atoms with Gasteiger partial charge < -0.3 is 28.8 Å². The van der Waals surface area contributed by atoms with Gasteiger partial charge >= 0.3 is 5.97 Å². The number of methoxy groups -OCH3 is 1. The highest BCUT2D eigenvalue weighted by molar-refractivity contribution is 5.69. The lowest BCUT2D eigenvalue weighted by Crippen LogP contribution is -2.45. The van der Waals surface area contributed by atoms with E-state index in [4.69, 9.17) is 23.7 Å². The monoisotopic (exact) mass is 576 g/mol. The van der Waals surface area contributed by atoms with Gasteiger partial charge in [-0.1, -0.05) is 44.1 Å². The van der Waals surface area contributed by atoms with Crippen LogP contribution in [0.15, 0.2) is 24.3 Å². The Morgan fingerprint density at radius 2 is 1.78 bits per heavy atom. The molecule has 4 fully saturated rings. The second kappa shape index (κ2) is 17.1. The molecule has 0 spiro atoms. The largest absolute Gasteiger partial charge is 0.469 e. The van der Waals surface area contributed by atoms with E-state index in [0.717, 1.165) is 71.0 Å². The van der Waals surface area contributed by atoms with Gasteiger partial charge in [0.05, 0.1) is 25.4 Å². The zero-order chi connectivity index (χ0) is 28.9. The van der Waals surface area contributed by atoms with Crippen LogP contribution >= 0.6 is 0 Å². The molecule has 2 saturated heterocycles. The highest BCUT2D eigenvalue weighted by atomic mass is 16.7. The maximum absolute atomic E-state index is 11.4. The number of carbonyl (C=O) groups is 1. The topological polar surface area (TPSA) is 83.5 Å². The van der Waals surface area contributed by atoms with Crippen molar-refractivity contribution in [2.45, 2.75) is 147 Å². The summed E-state index contributed by atoms with van der Waals surface area (Å²) in [5, 5.41) is 11.1. The summed E-state index contributed by atoms with van der Waals surface area (Å²) < 4.78 is 29.9. The summed E-state index contributed by atoms with van der Waals surface area (Å²) in [5.74, 6) is 0.0380. The number of rotatable bonds is 16. The molecular formula is C34H56O7. The molecule has 0 aromatic rings. The zero-order valence-corrected chi connectivity index (χ0v) is 25.7. The van der Waals surface area contributed by atoms with Gasteiger partial charge in [-0.2, -0.15) is 0 Å². The number of aliphatic hydroxyl groups excluding tert-OH is 1. The number of hydrogen-bond acceptors (Lipinski definition) is 7. The van der Waals surface area contributed by atoms with Crippen molar-refractivity contribution in [1.82, 2.24) is 0 Å². The van der Waals surface area contributed by atoms with Gasteiger partial charge in [-0.15, -0.1) is 0 Å². The van der Waals surface area contributed by atoms with Crippen LogP contribution in [0, 0.1) is 17.3 Å². The lowest BCUT2D eigenvalue weighted by Gasteiger charge is -2.48. The first-order valence-corrected chi connectivity index (χ1v) is 16.7. The number of aliphatic hydroxyl groups is 1. The van der Waals surface area contributed by atoms with E-state index in [2.05, 4.69) is 31.2 Å². The van der Waals surface area contributed by atoms with Crippen molar-refractivity contribution in [3.8, 4) is 0 Å². The standard InChI is InChI=1S/C34H56O7/c1-3-20-34(21-13-22-34)30(41-33-19-9-11-24-39-33)16-12-15-27-26(14-6-4-5-7-17-31(36)37-2)28(35)25-29(27)40-32-18-8-10-23-38-32/h4,6,12,15,26-30,32-33,35H,3,5,7-11,13-14,16-25H2,1-2H3/b6-4-,15-12+/t26-,27-,28+,29-,30?,32?,33?/m1/s1. The Kier molecular flexibility index (Phi) is 13.7. The molecule has 1 N–H and O–H groups in total. The predicted octanol–water partition coefficient (Wildman–Crippen LogP) is 7.01. The van der Waals surface area contributed by atoms with E-state index in [9.17, 15) is 9.90 Å². The molecule has 0 aromatic heterocycles. The van der Waals surface area contributed by atoms with Crippen molar-refractivity contribution in [3.63, 3.8) is 0 Å². The Bertz CT molecular complexity index is 810. The van der Waals surface area contributed by atoms with Crippen LogP contribution in [0.4, 0.5) is 0 Å². The SMILES string of the molecule is CCCC1(C(C/C=C/[C@@H]2[C@@H](C/C=C\CCCC(=O)OC)[C@@H](O)C[C@H]2OC2CCCCO2)OC2CCCCO2)CCC1. The minimum absolute atomic E-state index is 0.0589. The third kappa shape index (κ3) is 9.62. The smallest absolute Gasteiger partial charge is 0.305 e. The summed E-state index contributed by atoms with van der Waals surface area (Å²) in [4.78, 5) is 11.4. The highest BCUT2D eigenvalue weighted by Gasteiger charge is 2.45. The number of esters is 1. The maximum atomic E-state index is 11.4. The van der Waals surface area contributed by atoms with E-state index in [1.165, 1.54) is 45.6 Å². The first-order chi connectivity index (χ1) is 20.0. The summed E-state index contributed by atoms with van der Waals surface area (Å²) >= 11 is 0. The predicted molar refractivity (Wildman–Crippen MR) is 159 cm³/mol. The van der Waals surface area contributed by atoms with Gasteiger partial charge in [0.25, 0.3) is 0 Å². The Labute approximate surface area is 248 Å². The first kappa shape index (κ1) is 32.7. The molecule has 0 amide bonds. The van der Waals surface area contributed by atoms with E-state index in [1.807, 2.05) is 0 Å². The zero-order valence-electron chi connectivity index (χ0n) is 25.7. The molecule has 7 nitrogen and oxygen atoms in total. The fourth-order valence-electron chi connectivity index (χ4n) is 7.35. The molecule has 2 heterocycles. The quantitative estimate of drug-likeness (QED) is 0.120. The van der Waals surface area contributed by atoms with Crippen LogP contribution in [-0.4, -0.2) is 62.3 Å². The van der Waals surface area contributed by atoms with Crippen molar-refractivity contribution in [1.29, 1.82) is 0 Å². The normalized spacial score (nSPS) is 32.8. The second-order valence-electron chi connectivity index (χ2n) is 12.7. The molecule has 2 saturated carbocycles. The summed E-state index contributed by atoms with van der Waals surface area (Å²) in [6.45, 7) is 3.83. The van der Waals surface area contributed by atoms with Crippen LogP contribution in [-0.2, 0) is 28.5 Å². The van der Waals surface area contributed by atoms with Gasteiger partial charge in [-0.25, -0.2) is 0 Å². The van der Waals surface area contributed by atoms with Crippen molar-refractivity contribution in [2.24, 2.45) is 17.3 Å². The Morgan fingerprint density at radius 3 is 2.41 bits per heavy atom. The molecular weight excluding hydrogens is 520 g/mol. The number of allylic oxidation sites excluding steroid dienone is 2. The van der Waals surface area contributed by atoms with Crippen molar-refractivity contribution < 1.29 is 33.6 Å². The van der Waals surface area contributed by atoms with Crippen LogP contribution in [0.3, 0.4) is 0 Å². The molecule has 7 atom stereocenters. The molecule has 0 radical (unpaired) electrons. The van der Waals surface area contributed by atoms with Crippen molar-refractivity contribution in [3.05, 3.63) is 24.3 Å². The summed E-state index contributed by atoms with van der Waals surface area (Å²) in [6.07, 6.45) is 25.3. The Morgan fingerprint density at radius 1 is 1.02 bits per heavy atom. The molecule has 0 bridgehead atoms. The number of hydrogen-bond donors (Lipinski definition) is 1. The summed E-state index contributed by atoms with van der Waals surface area (Å²) in [6, 6.07) is 0. The maximum Gasteiger partial charge on any atom is 0.305 e. The van der Waals surface area contributed by atoms with Crippen molar-refractivity contribution >= 4 is 5.97 Å². The molecule has 3 unspecified atom stereocenters. The van der Waals surface area contributed by atoms with Crippen LogP contribution in [0.1, 0.15) is 116 Å². The van der Waals surface area contributed by atoms with E-state index in [0.29, 0.717) is 12.8 Å². The number of carbonyl (C=O) groups excluding carboxylic acids is 1.